The average Bonchev–Trinajstić information content (AvgIpc) is 3.06. The first-order chi connectivity index (χ1) is 11.4. The number of nitrogens with zero attached hydrogens (tertiary/aromatic N) is 1. The third-order valence-corrected chi connectivity index (χ3v) is 3.37. The molecule has 0 bridgehead atoms. The minimum absolute atomic E-state index is 0.0643. The summed E-state index contributed by atoms with van der Waals surface area (Å²) < 4.78 is 27.7. The predicted molar refractivity (Wildman–Crippen MR) is 88.1 cm³/mol. The van der Waals surface area contributed by atoms with Gasteiger partial charge in [0.1, 0.15) is 6.10 Å². The second kappa shape index (κ2) is 12.4. The minimum Gasteiger partial charge on any atom is -0.377 e. The van der Waals surface area contributed by atoms with Crippen LogP contribution in [0.3, 0.4) is 0 Å². The van der Waals surface area contributed by atoms with Gasteiger partial charge >= 0.3 is 0 Å². The lowest BCUT2D eigenvalue weighted by Crippen LogP contribution is -2.26. The fourth-order valence-electron chi connectivity index (χ4n) is 2.15. The highest BCUT2D eigenvalue weighted by atomic mass is 16.6. The summed E-state index contributed by atoms with van der Waals surface area (Å²) in [7, 11) is 0. The lowest BCUT2D eigenvalue weighted by molar-refractivity contribution is -0.0412. The Morgan fingerprint density at radius 1 is 0.783 bits per heavy atom. The van der Waals surface area contributed by atoms with Gasteiger partial charge in [-0.2, -0.15) is 0 Å². The number of ether oxygens (including phenoxy) is 5. The van der Waals surface area contributed by atoms with Crippen molar-refractivity contribution >= 4 is 6.21 Å². The molecule has 0 saturated carbocycles. The van der Waals surface area contributed by atoms with Gasteiger partial charge in [-0.15, -0.1) is 0 Å². The van der Waals surface area contributed by atoms with Crippen molar-refractivity contribution in [3.63, 3.8) is 0 Å². The molecule has 6 heteroatoms. The summed E-state index contributed by atoms with van der Waals surface area (Å²) in [6.07, 6.45) is 10.1. The highest BCUT2D eigenvalue weighted by Gasteiger charge is 2.09. The van der Waals surface area contributed by atoms with E-state index in [1.54, 1.807) is 0 Å². The molecule has 0 aromatic carbocycles. The lowest BCUT2D eigenvalue weighted by atomic mass is 10.2. The number of hydrogen-bond donors (Lipinski definition) is 0. The minimum atomic E-state index is -0.0643. The first-order valence-electron chi connectivity index (χ1n) is 8.22. The van der Waals surface area contributed by atoms with E-state index in [0.717, 1.165) is 0 Å². The molecule has 1 saturated heterocycles. The molecule has 2 rings (SSSR count). The van der Waals surface area contributed by atoms with E-state index in [4.69, 9.17) is 23.7 Å². The van der Waals surface area contributed by atoms with E-state index >= 15 is 0 Å². The molecule has 1 aliphatic heterocycles. The molecule has 0 radical (unpaired) electrons. The number of rotatable bonds is 3. The van der Waals surface area contributed by atoms with Crippen molar-refractivity contribution in [1.29, 1.82) is 0 Å². The Morgan fingerprint density at radius 2 is 1.35 bits per heavy atom. The van der Waals surface area contributed by atoms with Gasteiger partial charge < -0.3 is 23.7 Å². The van der Waals surface area contributed by atoms with Crippen LogP contribution in [-0.4, -0.2) is 78.3 Å². The second-order valence-electron chi connectivity index (χ2n) is 5.27. The van der Waals surface area contributed by atoms with E-state index in [1.807, 2.05) is 18.4 Å². The van der Waals surface area contributed by atoms with Crippen LogP contribution in [0.25, 0.3) is 0 Å². The Morgan fingerprint density at radius 3 is 2.00 bits per heavy atom. The van der Waals surface area contributed by atoms with Crippen LogP contribution in [0.15, 0.2) is 29.3 Å². The largest absolute Gasteiger partial charge is 0.377 e. The van der Waals surface area contributed by atoms with Crippen LogP contribution >= 0.6 is 0 Å². The van der Waals surface area contributed by atoms with Gasteiger partial charge in [-0.25, -0.2) is 0 Å². The van der Waals surface area contributed by atoms with Crippen LogP contribution < -0.4 is 0 Å². The fraction of sp³-hybridized carbons (Fsp3) is 0.706. The standard InChI is InChI=1S/C17H27NO5/c1-2-4-16(3-1)13-18-14-17-15-22-10-9-20-6-5-19-7-8-21-11-12-23-17/h1-4,13,16-17H,5-12,14-15H2. The van der Waals surface area contributed by atoms with Crippen molar-refractivity contribution < 1.29 is 23.7 Å². The summed E-state index contributed by atoms with van der Waals surface area (Å²) >= 11 is 0. The molecular formula is C17H27NO5. The third-order valence-electron chi connectivity index (χ3n) is 3.37. The molecule has 0 aromatic rings. The van der Waals surface area contributed by atoms with E-state index in [9.17, 15) is 0 Å². The molecule has 0 N–H and O–H groups in total. The third kappa shape index (κ3) is 8.98. The summed E-state index contributed by atoms with van der Waals surface area (Å²) in [6.45, 7) is 5.60. The van der Waals surface area contributed by atoms with Crippen molar-refractivity contribution in [2.75, 3.05) is 66.0 Å². The van der Waals surface area contributed by atoms with E-state index in [-0.39, 0.29) is 6.10 Å². The highest BCUT2D eigenvalue weighted by molar-refractivity contribution is 5.67. The van der Waals surface area contributed by atoms with Crippen LogP contribution in [0, 0.1) is 5.92 Å². The Labute approximate surface area is 138 Å². The van der Waals surface area contributed by atoms with Gasteiger partial charge in [0.25, 0.3) is 0 Å². The average molecular weight is 325 g/mol. The Hall–Kier alpha value is -1.05. The van der Waals surface area contributed by atoms with E-state index < -0.39 is 0 Å². The Bertz CT molecular complexity index is 355. The van der Waals surface area contributed by atoms with E-state index in [2.05, 4.69) is 17.1 Å². The first-order valence-corrected chi connectivity index (χ1v) is 8.22. The van der Waals surface area contributed by atoms with E-state index in [0.29, 0.717) is 71.9 Å². The molecule has 1 atom stereocenters. The summed E-state index contributed by atoms with van der Waals surface area (Å²) in [6, 6.07) is 0. The van der Waals surface area contributed by atoms with Crippen LogP contribution in [0.5, 0.6) is 0 Å². The topological polar surface area (TPSA) is 58.5 Å². The van der Waals surface area contributed by atoms with Crippen molar-refractivity contribution in [3.05, 3.63) is 24.3 Å². The van der Waals surface area contributed by atoms with Crippen LogP contribution in [0.1, 0.15) is 0 Å². The van der Waals surface area contributed by atoms with Crippen molar-refractivity contribution in [1.82, 2.24) is 0 Å². The molecular weight excluding hydrogens is 298 g/mol. The van der Waals surface area contributed by atoms with Crippen molar-refractivity contribution in [2.45, 2.75) is 6.10 Å². The van der Waals surface area contributed by atoms with Gasteiger partial charge in [0.2, 0.25) is 0 Å². The smallest absolute Gasteiger partial charge is 0.100 e. The molecule has 0 amide bonds. The normalized spacial score (nSPS) is 26.3. The van der Waals surface area contributed by atoms with Gasteiger partial charge in [0, 0.05) is 12.1 Å². The Kier molecular flexibility index (Phi) is 9.85. The van der Waals surface area contributed by atoms with Gasteiger partial charge in [-0.05, 0) is 0 Å². The summed E-state index contributed by atoms with van der Waals surface area (Å²) in [5, 5.41) is 0. The molecule has 1 heterocycles. The highest BCUT2D eigenvalue weighted by Crippen LogP contribution is 2.06. The molecule has 130 valence electrons. The van der Waals surface area contributed by atoms with Crippen LogP contribution in [0.4, 0.5) is 0 Å². The van der Waals surface area contributed by atoms with Gasteiger partial charge in [0.05, 0.1) is 66.0 Å². The van der Waals surface area contributed by atoms with Crippen LogP contribution in [0.2, 0.25) is 0 Å². The van der Waals surface area contributed by atoms with Crippen LogP contribution in [-0.2, 0) is 23.7 Å². The number of allylic oxidation sites excluding steroid dienone is 4. The molecule has 6 nitrogen and oxygen atoms in total. The fourth-order valence-corrected chi connectivity index (χ4v) is 2.15. The molecule has 23 heavy (non-hydrogen) atoms. The second-order valence-corrected chi connectivity index (χ2v) is 5.27. The maximum absolute atomic E-state index is 5.80. The van der Waals surface area contributed by atoms with Gasteiger partial charge in [-0.1, -0.05) is 24.3 Å². The maximum atomic E-state index is 5.80. The van der Waals surface area contributed by atoms with Crippen molar-refractivity contribution in [3.8, 4) is 0 Å². The summed E-state index contributed by atoms with van der Waals surface area (Å²) in [5.74, 6) is 0.301. The molecule has 1 unspecified atom stereocenters. The van der Waals surface area contributed by atoms with Crippen molar-refractivity contribution in [2.24, 2.45) is 10.9 Å². The summed E-state index contributed by atoms with van der Waals surface area (Å²) in [5.41, 5.74) is 0. The number of aliphatic imine (C=N–C) groups is 1. The zero-order chi connectivity index (χ0) is 16.0. The van der Waals surface area contributed by atoms with E-state index in [1.165, 1.54) is 0 Å². The monoisotopic (exact) mass is 325 g/mol. The SMILES string of the molecule is C1=CC(C=NCC2COCCOCCOCCOCCO2)C=C1. The molecule has 1 fully saturated rings. The molecule has 0 aromatic heterocycles. The molecule has 1 aliphatic carbocycles. The van der Waals surface area contributed by atoms with Gasteiger partial charge in [-0.3, -0.25) is 4.99 Å². The first kappa shape index (κ1) is 18.3. The Balaban J connectivity index is 1.70. The zero-order valence-corrected chi connectivity index (χ0v) is 13.6. The quantitative estimate of drug-likeness (QED) is 0.731. The summed E-state index contributed by atoms with van der Waals surface area (Å²) in [4.78, 5) is 4.47. The zero-order valence-electron chi connectivity index (χ0n) is 13.6. The maximum Gasteiger partial charge on any atom is 0.100 e. The lowest BCUT2D eigenvalue weighted by Gasteiger charge is -2.16. The predicted octanol–water partition coefficient (Wildman–Crippen LogP) is 1.26. The number of hydrogen-bond acceptors (Lipinski definition) is 6. The molecule has 0 spiro atoms. The molecule has 2 aliphatic rings. The van der Waals surface area contributed by atoms with Gasteiger partial charge in [0.15, 0.2) is 0 Å².